The maximum atomic E-state index is 14.2. The number of carbonyl (C=O) groups excluding carboxylic acids is 3. The van der Waals surface area contributed by atoms with Crippen molar-refractivity contribution < 1.29 is 32.3 Å². The van der Waals surface area contributed by atoms with Gasteiger partial charge in [0.15, 0.2) is 5.82 Å². The van der Waals surface area contributed by atoms with Crippen LogP contribution in [-0.2, 0) is 24.6 Å². The summed E-state index contributed by atoms with van der Waals surface area (Å²) in [4.78, 5) is 48.5. The lowest BCUT2D eigenvalue weighted by atomic mass is 9.93. The predicted octanol–water partition coefficient (Wildman–Crippen LogP) is 3.63. The van der Waals surface area contributed by atoms with E-state index in [9.17, 15) is 22.8 Å². The molecule has 0 bridgehead atoms. The third-order valence-electron chi connectivity index (χ3n) is 10.6. The zero-order chi connectivity index (χ0) is 37.5. The van der Waals surface area contributed by atoms with Crippen LogP contribution in [0.2, 0.25) is 0 Å². The summed E-state index contributed by atoms with van der Waals surface area (Å²) in [6, 6.07) is 7.52. The summed E-state index contributed by atoms with van der Waals surface area (Å²) in [5.41, 5.74) is 0.958. The molecule has 3 heterocycles. The SMILES string of the molecule is COc1ccc2c(OC3CC4C(=O)NC5(C(=O)NS(=O)(=O)N(C)C)CC5/C=C\CCCCN(C)C(=O)C4C3)cc(-n3ccc(C(C)C)n3)nc2c1C. The lowest BCUT2D eigenvalue weighted by Crippen LogP contribution is -2.55. The largest absolute Gasteiger partial charge is 0.496 e. The van der Waals surface area contributed by atoms with Gasteiger partial charge in [-0.25, -0.2) is 14.4 Å². The number of allylic oxidation sites excluding steroid dienone is 1. The number of pyridine rings is 1. The molecule has 15 heteroatoms. The summed E-state index contributed by atoms with van der Waals surface area (Å²) in [5, 5.41) is 8.40. The summed E-state index contributed by atoms with van der Waals surface area (Å²) in [7, 11) is 1.89. The van der Waals surface area contributed by atoms with Crippen LogP contribution >= 0.6 is 0 Å². The van der Waals surface area contributed by atoms with Crippen LogP contribution in [0.5, 0.6) is 11.5 Å². The minimum atomic E-state index is -4.11. The zero-order valence-electron chi connectivity index (χ0n) is 30.9. The van der Waals surface area contributed by atoms with Gasteiger partial charge in [-0.3, -0.25) is 14.4 Å². The monoisotopic (exact) mass is 735 g/mol. The van der Waals surface area contributed by atoms with Crippen LogP contribution in [0, 0.1) is 24.7 Å². The van der Waals surface area contributed by atoms with Gasteiger partial charge in [0.2, 0.25) is 11.8 Å². The Balaban J connectivity index is 1.34. The Morgan fingerprint density at radius 3 is 2.56 bits per heavy atom. The fraction of sp³-hybridized carbons (Fsp3) is 0.541. The van der Waals surface area contributed by atoms with E-state index in [1.165, 1.54) is 14.1 Å². The van der Waals surface area contributed by atoms with Crippen LogP contribution in [0.4, 0.5) is 0 Å². The average molecular weight is 736 g/mol. The topological polar surface area (TPSA) is 165 Å². The third kappa shape index (κ3) is 7.25. The molecule has 2 aromatic heterocycles. The van der Waals surface area contributed by atoms with Gasteiger partial charge in [-0.1, -0.05) is 26.0 Å². The highest BCUT2D eigenvalue weighted by atomic mass is 32.2. The van der Waals surface area contributed by atoms with Crippen molar-refractivity contribution in [1.29, 1.82) is 0 Å². The average Bonchev–Trinajstić information content (AvgIpc) is 3.40. The van der Waals surface area contributed by atoms with Crippen molar-refractivity contribution in [2.75, 3.05) is 34.8 Å². The molecule has 1 aliphatic heterocycles. The Labute approximate surface area is 305 Å². The lowest BCUT2D eigenvalue weighted by molar-refractivity contribution is -0.140. The van der Waals surface area contributed by atoms with E-state index in [2.05, 4.69) is 23.9 Å². The Morgan fingerprint density at radius 2 is 1.87 bits per heavy atom. The number of aromatic nitrogens is 3. The molecule has 1 aromatic carbocycles. The highest BCUT2D eigenvalue weighted by Crippen LogP contribution is 2.47. The second-order valence-corrected chi connectivity index (χ2v) is 16.6. The van der Waals surface area contributed by atoms with Gasteiger partial charge in [-0.15, -0.1) is 0 Å². The first-order valence-corrected chi connectivity index (χ1v) is 19.3. The summed E-state index contributed by atoms with van der Waals surface area (Å²) in [6.07, 6.45) is 8.22. The van der Waals surface area contributed by atoms with Gasteiger partial charge in [-0.2, -0.15) is 17.8 Å². The summed E-state index contributed by atoms with van der Waals surface area (Å²) in [6.45, 7) is 6.61. The van der Waals surface area contributed by atoms with Crippen molar-refractivity contribution in [3.63, 3.8) is 0 Å². The molecule has 3 aromatic rings. The van der Waals surface area contributed by atoms with E-state index in [0.717, 1.165) is 40.2 Å². The van der Waals surface area contributed by atoms with Crippen molar-refractivity contribution in [2.24, 2.45) is 17.8 Å². The van der Waals surface area contributed by atoms with E-state index in [1.54, 1.807) is 23.7 Å². The second kappa shape index (κ2) is 14.5. The molecule has 14 nitrogen and oxygen atoms in total. The standard InChI is InChI=1S/C37H49N7O7S/c1-22(2)29-15-17-44(40-29)32-20-31(26-13-14-30(50-7)23(3)33(26)38-32)51-25-18-27-28(19-25)35(46)43(6)16-11-9-8-10-12-24-21-37(24,39-34(27)45)36(47)41-52(48,49)42(4)5/h10,12-15,17,20,22,24-25,27-28H,8-9,11,16,18-19,21H2,1-7H3,(H,39,45)(H,41,47)/b12-10-. The van der Waals surface area contributed by atoms with Gasteiger partial charge in [0.25, 0.3) is 5.91 Å². The van der Waals surface area contributed by atoms with Crippen LogP contribution in [-0.4, -0.2) is 96.5 Å². The first kappa shape index (κ1) is 37.3. The summed E-state index contributed by atoms with van der Waals surface area (Å²) < 4.78 is 42.4. The molecule has 280 valence electrons. The maximum absolute atomic E-state index is 14.2. The number of amides is 3. The smallest absolute Gasteiger partial charge is 0.303 e. The van der Waals surface area contributed by atoms with Crippen molar-refractivity contribution in [2.45, 2.75) is 76.9 Å². The molecule has 2 saturated carbocycles. The molecule has 0 radical (unpaired) electrons. The van der Waals surface area contributed by atoms with E-state index in [4.69, 9.17) is 19.6 Å². The first-order valence-electron chi connectivity index (χ1n) is 17.8. The minimum Gasteiger partial charge on any atom is -0.496 e. The maximum Gasteiger partial charge on any atom is 0.303 e. The molecular formula is C37H49N7O7S. The molecule has 0 spiro atoms. The van der Waals surface area contributed by atoms with Gasteiger partial charge in [0, 0.05) is 56.8 Å². The molecule has 2 aliphatic carbocycles. The molecule has 0 saturated heterocycles. The summed E-state index contributed by atoms with van der Waals surface area (Å²) >= 11 is 0. The van der Waals surface area contributed by atoms with Crippen LogP contribution in [0.25, 0.3) is 16.7 Å². The van der Waals surface area contributed by atoms with Crippen molar-refractivity contribution >= 4 is 38.8 Å². The van der Waals surface area contributed by atoms with E-state index < -0.39 is 45.5 Å². The fourth-order valence-electron chi connectivity index (χ4n) is 7.26. The number of ether oxygens (including phenoxy) is 2. The Bertz CT molecular complexity index is 2010. The number of aryl methyl sites for hydroxylation is 1. The molecular weight excluding hydrogens is 687 g/mol. The van der Waals surface area contributed by atoms with Crippen LogP contribution < -0.4 is 19.5 Å². The van der Waals surface area contributed by atoms with Gasteiger partial charge in [-0.05, 0) is 69.6 Å². The van der Waals surface area contributed by atoms with Gasteiger partial charge < -0.3 is 19.7 Å². The number of methoxy groups -OCH3 is 1. The van der Waals surface area contributed by atoms with E-state index in [-0.39, 0.29) is 37.0 Å². The third-order valence-corrected chi connectivity index (χ3v) is 12.0. The normalized spacial score (nSPS) is 26.1. The molecule has 2 fully saturated rings. The van der Waals surface area contributed by atoms with Crippen LogP contribution in [0.1, 0.15) is 69.5 Å². The number of nitrogens with zero attached hydrogens (tertiary/aromatic N) is 5. The molecule has 5 atom stereocenters. The van der Waals surface area contributed by atoms with E-state index in [0.29, 0.717) is 29.4 Å². The number of rotatable bonds is 8. The minimum absolute atomic E-state index is 0.168. The van der Waals surface area contributed by atoms with Gasteiger partial charge in [0.05, 0.1) is 30.2 Å². The molecule has 2 N–H and O–H groups in total. The zero-order valence-corrected chi connectivity index (χ0v) is 31.7. The molecule has 3 amide bonds. The molecule has 5 unspecified atom stereocenters. The number of carbonyl (C=O) groups is 3. The van der Waals surface area contributed by atoms with Crippen molar-refractivity contribution in [3.05, 3.63) is 53.9 Å². The Morgan fingerprint density at radius 1 is 1.12 bits per heavy atom. The molecule has 3 aliphatic rings. The van der Waals surface area contributed by atoms with E-state index in [1.807, 2.05) is 49.5 Å². The fourth-order valence-corrected chi connectivity index (χ4v) is 7.86. The second-order valence-electron chi connectivity index (χ2n) is 14.7. The lowest BCUT2D eigenvalue weighted by Gasteiger charge is -2.27. The van der Waals surface area contributed by atoms with Crippen molar-refractivity contribution in [1.82, 2.24) is 34.0 Å². The quantitative estimate of drug-likeness (QED) is 0.329. The summed E-state index contributed by atoms with van der Waals surface area (Å²) in [5.74, 6) is -1.42. The molecule has 6 rings (SSSR count). The number of hydrogen-bond donors (Lipinski definition) is 2. The van der Waals surface area contributed by atoms with Gasteiger partial charge >= 0.3 is 10.2 Å². The van der Waals surface area contributed by atoms with Crippen LogP contribution in [0.15, 0.2) is 42.6 Å². The Kier molecular flexibility index (Phi) is 10.4. The predicted molar refractivity (Wildman–Crippen MR) is 195 cm³/mol. The number of nitrogens with one attached hydrogen (secondary N) is 2. The number of fused-ring (bicyclic) bond motifs is 3. The first-order chi connectivity index (χ1) is 24.6. The highest BCUT2D eigenvalue weighted by Gasteiger charge is 2.62. The van der Waals surface area contributed by atoms with Crippen LogP contribution in [0.3, 0.4) is 0 Å². The highest BCUT2D eigenvalue weighted by molar-refractivity contribution is 7.87. The Hall–Kier alpha value is -4.50. The van der Waals surface area contributed by atoms with Crippen molar-refractivity contribution in [3.8, 4) is 17.3 Å². The number of hydrogen-bond acceptors (Lipinski definition) is 9. The molecule has 52 heavy (non-hydrogen) atoms. The number of benzene rings is 1. The van der Waals surface area contributed by atoms with Gasteiger partial charge in [0.1, 0.15) is 23.1 Å². The van der Waals surface area contributed by atoms with E-state index >= 15 is 0 Å².